The molecule has 0 bridgehead atoms. The summed E-state index contributed by atoms with van der Waals surface area (Å²) in [7, 11) is 4.21. The van der Waals surface area contributed by atoms with Gasteiger partial charge >= 0.3 is 6.03 Å². The number of carbonyl (C=O) groups excluding carboxylic acids is 2. The van der Waals surface area contributed by atoms with Crippen LogP contribution >= 0.6 is 0 Å². The van der Waals surface area contributed by atoms with Crippen molar-refractivity contribution in [1.82, 2.24) is 15.1 Å². The van der Waals surface area contributed by atoms with Crippen LogP contribution in [0.2, 0.25) is 0 Å². The summed E-state index contributed by atoms with van der Waals surface area (Å²) in [5.41, 5.74) is 12.5. The van der Waals surface area contributed by atoms with Gasteiger partial charge in [0.2, 0.25) is 0 Å². The van der Waals surface area contributed by atoms with Gasteiger partial charge in [-0.1, -0.05) is 87.4 Å². The molecule has 1 atom stereocenters. The largest absolute Gasteiger partial charge is 0.368 e. The van der Waals surface area contributed by atoms with E-state index in [1.54, 1.807) is 24.0 Å². The number of aryl methyl sites for hydroxylation is 1. The summed E-state index contributed by atoms with van der Waals surface area (Å²) < 4.78 is 12.7. The highest BCUT2D eigenvalue weighted by Gasteiger charge is 2.17. The summed E-state index contributed by atoms with van der Waals surface area (Å²) in [6.45, 7) is 16.1. The van der Waals surface area contributed by atoms with E-state index in [2.05, 4.69) is 80.8 Å². The predicted octanol–water partition coefficient (Wildman–Crippen LogP) is 10.5. The number of nitrogens with two attached hydrogens (primary N) is 1. The Bertz CT molecular complexity index is 1460. The van der Waals surface area contributed by atoms with Crippen LogP contribution in [0.5, 0.6) is 0 Å². The molecule has 0 fully saturated rings. The molecule has 1 aliphatic rings. The van der Waals surface area contributed by atoms with Crippen molar-refractivity contribution in [3.63, 3.8) is 0 Å². The second-order valence-corrected chi connectivity index (χ2v) is 12.7. The number of carbonyl (C=O) groups is 2. The quantitative estimate of drug-likeness (QED) is 0.103. The van der Waals surface area contributed by atoms with Gasteiger partial charge in [0, 0.05) is 38.2 Å². The molecule has 2 amide bonds. The molecule has 0 aliphatic carbocycles. The lowest BCUT2D eigenvalue weighted by Gasteiger charge is -2.24. The topological polar surface area (TPSA) is 78.7 Å². The van der Waals surface area contributed by atoms with Gasteiger partial charge in [-0.15, -0.1) is 12.3 Å². The van der Waals surface area contributed by atoms with E-state index in [9.17, 15) is 14.0 Å². The molecule has 0 unspecified atom stereocenters. The summed E-state index contributed by atoms with van der Waals surface area (Å²) in [4.78, 5) is 27.5. The highest BCUT2D eigenvalue weighted by atomic mass is 19.1. The Morgan fingerprint density at radius 1 is 1.08 bits per heavy atom. The molecule has 0 spiro atoms. The molecule has 2 aromatic carbocycles. The van der Waals surface area contributed by atoms with Crippen LogP contribution < -0.4 is 11.1 Å². The summed E-state index contributed by atoms with van der Waals surface area (Å²) >= 11 is 0. The van der Waals surface area contributed by atoms with Gasteiger partial charge in [0.15, 0.2) is 0 Å². The first-order chi connectivity index (χ1) is 25.0. The smallest absolute Gasteiger partial charge is 0.315 e. The monoisotopic (exact) mass is 715 g/mol. The van der Waals surface area contributed by atoms with E-state index >= 15 is 0 Å². The molecule has 0 aromatic heterocycles. The Morgan fingerprint density at radius 2 is 1.73 bits per heavy atom. The normalized spacial score (nSPS) is 13.3. The number of nitrogens with zero attached hydrogens (tertiary/aromatic N) is 2. The molecule has 1 heterocycles. The number of terminal acetylenes is 1. The van der Waals surface area contributed by atoms with Gasteiger partial charge in [0.25, 0.3) is 0 Å². The van der Waals surface area contributed by atoms with Crippen molar-refractivity contribution in [1.29, 1.82) is 0 Å². The van der Waals surface area contributed by atoms with E-state index in [1.807, 2.05) is 52.2 Å². The fraction of sp³-hybridized carbons (Fsp3) is 0.467. The van der Waals surface area contributed by atoms with Crippen molar-refractivity contribution < 1.29 is 14.0 Å². The van der Waals surface area contributed by atoms with E-state index in [4.69, 9.17) is 5.73 Å². The van der Waals surface area contributed by atoms with Crippen LogP contribution in [-0.4, -0.2) is 48.8 Å². The molecule has 0 saturated heterocycles. The molecule has 286 valence electrons. The van der Waals surface area contributed by atoms with Crippen molar-refractivity contribution in [2.45, 2.75) is 106 Å². The van der Waals surface area contributed by atoms with E-state index in [1.165, 1.54) is 34.4 Å². The van der Waals surface area contributed by atoms with E-state index in [0.717, 1.165) is 62.6 Å². The molecule has 2 aromatic rings. The second-order valence-electron chi connectivity index (χ2n) is 12.7. The van der Waals surface area contributed by atoms with E-state index in [-0.39, 0.29) is 11.7 Å². The maximum Gasteiger partial charge on any atom is 0.315 e. The Labute approximate surface area is 316 Å². The molecule has 52 heavy (non-hydrogen) atoms. The Hall–Kier alpha value is -4.41. The highest BCUT2D eigenvalue weighted by molar-refractivity contribution is 5.81. The number of primary amides is 1. The predicted molar refractivity (Wildman–Crippen MR) is 221 cm³/mol. The third-order valence-electron chi connectivity index (χ3n) is 8.54. The van der Waals surface area contributed by atoms with Crippen LogP contribution in [0, 0.1) is 24.1 Å². The standard InChI is InChI=1S/C28H44N2O.C12H13FN2O.C3H4.C2H6/c1-7-19-29-21-27(23(4)8-2)17-18-28(31)26(9-3)16-11-10-13-24-14-12-15-25(20-24)22-30(5)6;13-11-3-1-9(2-4-11)10-5-7-15(8-6-10)12(14)16;1-3-2;1-2/h7-8,12,14-15,19-21,26,29H,9-11,13,16-18,22H2,1-6H3;1-5H,6-8H2,(H2,14,16);1H,2H3;1-2H3/b19-7+,23-8+,27-21-;;;/t26-;;;/m0.../s1. The number of hydrogen-bond acceptors (Lipinski definition) is 4. The van der Waals surface area contributed by atoms with Crippen LogP contribution in [0.25, 0.3) is 5.57 Å². The zero-order valence-corrected chi connectivity index (χ0v) is 33.6. The first-order valence-electron chi connectivity index (χ1n) is 18.8. The van der Waals surface area contributed by atoms with Crippen LogP contribution in [-0.2, 0) is 17.8 Å². The third-order valence-corrected chi connectivity index (χ3v) is 8.54. The number of allylic oxidation sites excluding steroid dienone is 4. The average molecular weight is 715 g/mol. The number of amides is 2. The van der Waals surface area contributed by atoms with Crippen molar-refractivity contribution in [2.24, 2.45) is 11.7 Å². The van der Waals surface area contributed by atoms with Gasteiger partial charge in [0.1, 0.15) is 11.6 Å². The lowest BCUT2D eigenvalue weighted by molar-refractivity contribution is -0.123. The average Bonchev–Trinajstić information content (AvgIpc) is 3.14. The van der Waals surface area contributed by atoms with Crippen LogP contribution in [0.3, 0.4) is 0 Å². The Kier molecular flexibility index (Phi) is 26.7. The second kappa shape index (κ2) is 29.2. The Balaban J connectivity index is 0.00000102. The molecule has 6 nitrogen and oxygen atoms in total. The van der Waals surface area contributed by atoms with Gasteiger partial charge in [-0.25, -0.2) is 9.18 Å². The van der Waals surface area contributed by atoms with E-state index in [0.29, 0.717) is 25.3 Å². The molecule has 7 heteroatoms. The number of urea groups is 1. The number of benzene rings is 2. The van der Waals surface area contributed by atoms with Crippen molar-refractivity contribution >= 4 is 17.4 Å². The number of hydrogen-bond donors (Lipinski definition) is 2. The minimum absolute atomic E-state index is 0.190. The fourth-order valence-electron chi connectivity index (χ4n) is 5.63. The van der Waals surface area contributed by atoms with Crippen molar-refractivity contribution in [3.8, 4) is 12.3 Å². The fourth-order valence-corrected chi connectivity index (χ4v) is 5.63. The van der Waals surface area contributed by atoms with Crippen LogP contribution in [0.15, 0.2) is 90.3 Å². The zero-order chi connectivity index (χ0) is 39.3. The first-order valence-corrected chi connectivity index (χ1v) is 18.8. The van der Waals surface area contributed by atoms with Gasteiger partial charge in [0.05, 0.1) is 0 Å². The summed E-state index contributed by atoms with van der Waals surface area (Å²) in [6, 6.07) is 14.9. The number of unbranched alkanes of at least 4 members (excludes halogenated alkanes) is 1. The summed E-state index contributed by atoms with van der Waals surface area (Å²) in [6.07, 6.45) is 22.0. The van der Waals surface area contributed by atoms with Gasteiger partial charge in [-0.3, -0.25) is 4.79 Å². The number of Topliss-reactive ketones (excluding diaryl/α,β-unsaturated/α-hetero) is 1. The summed E-state index contributed by atoms with van der Waals surface area (Å²) in [5, 5.41) is 3.19. The lowest BCUT2D eigenvalue weighted by atomic mass is 9.89. The molecule has 0 radical (unpaired) electrons. The number of ketones is 1. The van der Waals surface area contributed by atoms with Gasteiger partial charge in [-0.2, -0.15) is 0 Å². The molecule has 3 rings (SSSR count). The van der Waals surface area contributed by atoms with E-state index < -0.39 is 6.03 Å². The van der Waals surface area contributed by atoms with Gasteiger partial charge in [-0.05, 0) is 126 Å². The Morgan fingerprint density at radius 3 is 2.27 bits per heavy atom. The summed E-state index contributed by atoms with van der Waals surface area (Å²) in [5.74, 6) is 2.62. The van der Waals surface area contributed by atoms with Gasteiger partial charge < -0.3 is 20.9 Å². The SMILES string of the molecule is C#CC.C/C=C/N/C=C(CCC(=O)[C@@H](CC)CCCCc1cccc(CN(C)C)c1)\C(C)=C\C.CC.NC(=O)N1CC=C(c2ccc(F)cc2)CC1. The lowest BCUT2D eigenvalue weighted by Crippen LogP contribution is -2.38. The first kappa shape index (κ1) is 47.6. The minimum atomic E-state index is -0.394. The highest BCUT2D eigenvalue weighted by Crippen LogP contribution is 2.23. The number of nitrogens with one attached hydrogen (secondary N) is 1. The third kappa shape index (κ3) is 20.4. The van der Waals surface area contributed by atoms with Crippen LogP contribution in [0.4, 0.5) is 9.18 Å². The molecule has 1 aliphatic heterocycles. The molecular weight excluding hydrogens is 648 g/mol. The van der Waals surface area contributed by atoms with Crippen molar-refractivity contribution in [2.75, 3.05) is 27.2 Å². The number of halogens is 1. The maximum atomic E-state index is 12.8. The molecule has 3 N–H and O–H groups in total. The maximum absolute atomic E-state index is 12.8. The van der Waals surface area contributed by atoms with Crippen LogP contribution in [0.1, 0.15) is 110 Å². The van der Waals surface area contributed by atoms with Crippen molar-refractivity contribution in [3.05, 3.63) is 113 Å². The molecular formula is C45H67FN4O2. The minimum Gasteiger partial charge on any atom is -0.368 e. The number of rotatable bonds is 16. The molecule has 0 saturated carbocycles. The zero-order valence-electron chi connectivity index (χ0n) is 33.6.